The zero-order chi connectivity index (χ0) is 10.6. The summed E-state index contributed by atoms with van der Waals surface area (Å²) in [7, 11) is 0. The average Bonchev–Trinajstić information content (AvgIpc) is 2.18. The summed E-state index contributed by atoms with van der Waals surface area (Å²) in [5.74, 6) is -0.510. The predicted octanol–water partition coefficient (Wildman–Crippen LogP) is -0.627. The first kappa shape index (κ1) is 11.2. The fraction of sp³-hybridized carbons (Fsp3) is 1.00. The summed E-state index contributed by atoms with van der Waals surface area (Å²) in [5.41, 5.74) is 8.04. The molecule has 1 fully saturated rings. The third-order valence-electron chi connectivity index (χ3n) is 2.29. The molecule has 0 aliphatic carbocycles. The summed E-state index contributed by atoms with van der Waals surface area (Å²) in [4.78, 5) is 2.56. The van der Waals surface area contributed by atoms with E-state index >= 15 is 0 Å². The van der Waals surface area contributed by atoms with E-state index in [1.165, 1.54) is 0 Å². The highest BCUT2D eigenvalue weighted by Crippen LogP contribution is 2.23. The highest BCUT2D eigenvalue weighted by Gasteiger charge is 2.36. The van der Waals surface area contributed by atoms with E-state index in [2.05, 4.69) is 10.0 Å². The van der Waals surface area contributed by atoms with E-state index in [0.29, 0.717) is 6.42 Å². The molecule has 0 bridgehead atoms. The van der Waals surface area contributed by atoms with Crippen LogP contribution in [0.5, 0.6) is 0 Å². The molecule has 1 rings (SSSR count). The molecule has 1 heterocycles. The molecular formula is C7H13N3O4. The largest absolute Gasteiger partial charge is 0.390 e. The van der Waals surface area contributed by atoms with Crippen molar-refractivity contribution in [3.63, 3.8) is 0 Å². The Hall–Kier alpha value is -0.850. The minimum absolute atomic E-state index is 0.0147. The summed E-state index contributed by atoms with van der Waals surface area (Å²) >= 11 is 0. The van der Waals surface area contributed by atoms with Gasteiger partial charge in [0.1, 0.15) is 6.10 Å². The molecule has 80 valence electrons. The third-order valence-corrected chi connectivity index (χ3v) is 2.29. The molecule has 0 aromatic carbocycles. The van der Waals surface area contributed by atoms with Gasteiger partial charge in [-0.25, -0.2) is 0 Å². The molecule has 0 aromatic rings. The lowest BCUT2D eigenvalue weighted by Crippen LogP contribution is -2.49. The Balaban J connectivity index is 2.49. The molecule has 14 heavy (non-hydrogen) atoms. The third kappa shape index (κ3) is 2.57. The number of nitrogens with zero attached hydrogens (tertiary/aromatic N) is 3. The quantitative estimate of drug-likeness (QED) is 0.321. The van der Waals surface area contributed by atoms with Gasteiger partial charge in [-0.3, -0.25) is 0 Å². The Bertz CT molecular complexity index is 231. The number of azide groups is 1. The van der Waals surface area contributed by atoms with Crippen molar-refractivity contribution in [1.29, 1.82) is 0 Å². The number of hydrogen-bond donors (Lipinski definition) is 3. The van der Waals surface area contributed by atoms with Crippen LogP contribution in [0.3, 0.4) is 0 Å². The second-order valence-electron chi connectivity index (χ2n) is 3.19. The van der Waals surface area contributed by atoms with Crippen LogP contribution in [0.15, 0.2) is 5.11 Å². The van der Waals surface area contributed by atoms with E-state index in [1.54, 1.807) is 0 Å². The fourth-order valence-corrected chi connectivity index (χ4v) is 1.47. The molecule has 7 heteroatoms. The SMILES string of the molecule is [N-]=[N+]=NCCC1C(O)COC(O)C1O. The fourth-order valence-electron chi connectivity index (χ4n) is 1.47. The number of hydrogen-bond acceptors (Lipinski definition) is 5. The second-order valence-corrected chi connectivity index (χ2v) is 3.19. The Labute approximate surface area is 80.6 Å². The Morgan fingerprint density at radius 3 is 2.79 bits per heavy atom. The van der Waals surface area contributed by atoms with Crippen LogP contribution in [0.1, 0.15) is 6.42 Å². The summed E-state index contributed by atoms with van der Waals surface area (Å²) in [6.07, 6.45) is -2.91. The number of rotatable bonds is 3. The zero-order valence-corrected chi connectivity index (χ0v) is 7.52. The normalized spacial score (nSPS) is 37.6. The van der Waals surface area contributed by atoms with E-state index in [1.807, 2.05) is 0 Å². The average molecular weight is 203 g/mol. The van der Waals surface area contributed by atoms with Crippen molar-refractivity contribution in [2.45, 2.75) is 24.9 Å². The van der Waals surface area contributed by atoms with Crippen molar-refractivity contribution in [3.05, 3.63) is 10.4 Å². The van der Waals surface area contributed by atoms with Crippen LogP contribution in [0.4, 0.5) is 0 Å². The maximum absolute atomic E-state index is 9.44. The molecule has 0 amide bonds. The van der Waals surface area contributed by atoms with Crippen LogP contribution < -0.4 is 0 Å². The first-order chi connectivity index (χ1) is 6.66. The van der Waals surface area contributed by atoms with Crippen molar-refractivity contribution >= 4 is 0 Å². The molecule has 0 saturated carbocycles. The van der Waals surface area contributed by atoms with E-state index in [4.69, 9.17) is 15.4 Å². The van der Waals surface area contributed by atoms with E-state index in [0.717, 1.165) is 0 Å². The molecule has 0 spiro atoms. The van der Waals surface area contributed by atoms with Crippen LogP contribution >= 0.6 is 0 Å². The lowest BCUT2D eigenvalue weighted by molar-refractivity contribution is -0.236. The Morgan fingerprint density at radius 2 is 2.14 bits per heavy atom. The van der Waals surface area contributed by atoms with Crippen LogP contribution in [0, 0.1) is 5.92 Å². The van der Waals surface area contributed by atoms with Crippen molar-refractivity contribution in [1.82, 2.24) is 0 Å². The van der Waals surface area contributed by atoms with Gasteiger partial charge >= 0.3 is 0 Å². The Morgan fingerprint density at radius 1 is 1.43 bits per heavy atom. The van der Waals surface area contributed by atoms with E-state index in [9.17, 15) is 10.2 Å². The van der Waals surface area contributed by atoms with Crippen LogP contribution in [-0.2, 0) is 4.74 Å². The molecule has 3 N–H and O–H groups in total. The summed E-state index contributed by atoms with van der Waals surface area (Å²) < 4.78 is 4.69. The molecule has 0 radical (unpaired) electrons. The number of aliphatic hydroxyl groups is 3. The van der Waals surface area contributed by atoms with Gasteiger partial charge in [-0.2, -0.15) is 0 Å². The van der Waals surface area contributed by atoms with Gasteiger partial charge in [0.2, 0.25) is 0 Å². The molecule has 7 nitrogen and oxygen atoms in total. The Kier molecular flexibility index (Phi) is 4.12. The first-order valence-electron chi connectivity index (χ1n) is 4.33. The maximum Gasteiger partial charge on any atom is 0.181 e. The van der Waals surface area contributed by atoms with Gasteiger partial charge in [-0.05, 0) is 12.0 Å². The maximum atomic E-state index is 9.44. The van der Waals surface area contributed by atoms with Crippen molar-refractivity contribution in [2.24, 2.45) is 11.0 Å². The highest BCUT2D eigenvalue weighted by molar-refractivity contribution is 4.82. The minimum Gasteiger partial charge on any atom is -0.390 e. The van der Waals surface area contributed by atoms with E-state index < -0.39 is 24.4 Å². The smallest absolute Gasteiger partial charge is 0.181 e. The molecule has 4 atom stereocenters. The van der Waals surface area contributed by atoms with Gasteiger partial charge in [0.05, 0.1) is 12.7 Å². The van der Waals surface area contributed by atoms with Crippen molar-refractivity contribution < 1.29 is 20.1 Å². The van der Waals surface area contributed by atoms with Crippen LogP contribution in [-0.4, -0.2) is 47.0 Å². The van der Waals surface area contributed by atoms with E-state index in [-0.39, 0.29) is 13.2 Å². The van der Waals surface area contributed by atoms with Gasteiger partial charge in [0.15, 0.2) is 6.29 Å². The van der Waals surface area contributed by atoms with Gasteiger partial charge in [0.25, 0.3) is 0 Å². The minimum atomic E-state index is -1.27. The predicted molar refractivity (Wildman–Crippen MR) is 46.1 cm³/mol. The molecular weight excluding hydrogens is 190 g/mol. The van der Waals surface area contributed by atoms with Gasteiger partial charge in [0, 0.05) is 17.4 Å². The summed E-state index contributed by atoms with van der Waals surface area (Å²) in [5, 5.41) is 31.3. The number of aliphatic hydroxyl groups excluding tert-OH is 3. The molecule has 4 unspecified atom stereocenters. The summed E-state index contributed by atoms with van der Waals surface area (Å²) in [6.45, 7) is 0.168. The standard InChI is InChI=1S/C7H13N3O4/c8-10-9-2-1-4-5(11)3-14-7(13)6(4)12/h4-7,11-13H,1-3H2. The van der Waals surface area contributed by atoms with Crippen molar-refractivity contribution in [3.8, 4) is 0 Å². The molecule has 1 aliphatic heterocycles. The van der Waals surface area contributed by atoms with Crippen LogP contribution in [0.2, 0.25) is 0 Å². The number of ether oxygens (including phenoxy) is 1. The van der Waals surface area contributed by atoms with Gasteiger partial charge < -0.3 is 20.1 Å². The topological polar surface area (TPSA) is 119 Å². The monoisotopic (exact) mass is 203 g/mol. The zero-order valence-electron chi connectivity index (χ0n) is 7.52. The van der Waals surface area contributed by atoms with Crippen molar-refractivity contribution in [2.75, 3.05) is 13.2 Å². The molecule has 1 saturated heterocycles. The first-order valence-corrected chi connectivity index (χ1v) is 4.33. The van der Waals surface area contributed by atoms with Gasteiger partial charge in [-0.1, -0.05) is 5.11 Å². The van der Waals surface area contributed by atoms with Gasteiger partial charge in [-0.15, -0.1) is 0 Å². The highest BCUT2D eigenvalue weighted by atomic mass is 16.6. The molecule has 0 aromatic heterocycles. The summed E-state index contributed by atoms with van der Waals surface area (Å²) in [6, 6.07) is 0. The lowest BCUT2D eigenvalue weighted by Gasteiger charge is -2.35. The second kappa shape index (κ2) is 5.14. The van der Waals surface area contributed by atoms with Crippen LogP contribution in [0.25, 0.3) is 10.4 Å². The molecule has 1 aliphatic rings. The lowest BCUT2D eigenvalue weighted by atomic mass is 9.90.